The van der Waals surface area contributed by atoms with Crippen LogP contribution in [0.1, 0.15) is 12.0 Å². The number of amides is 2. The van der Waals surface area contributed by atoms with E-state index in [1.165, 1.54) is 15.4 Å². The summed E-state index contributed by atoms with van der Waals surface area (Å²) >= 11 is 0. The van der Waals surface area contributed by atoms with Gasteiger partial charge in [-0.15, -0.1) is 0 Å². The van der Waals surface area contributed by atoms with E-state index in [1.54, 1.807) is 12.1 Å². The van der Waals surface area contributed by atoms with E-state index < -0.39 is 0 Å². The monoisotopic (exact) mass is 493 g/mol. The standard InChI is InChI=1S/C30H28N4O3/c35-28-21-26(33-19-17-32(18-20-33)16-6-9-22-7-2-1-3-8-22)30(36)34(28)24-14-12-23(13-15-24)29-31-25-10-4-5-11-27(25)37-29/h1-15,26H,16-21H2/p+1/b9-6+. The van der Waals surface area contributed by atoms with Gasteiger partial charge < -0.3 is 9.32 Å². The summed E-state index contributed by atoms with van der Waals surface area (Å²) < 4.78 is 5.84. The Morgan fingerprint density at radius 1 is 0.919 bits per heavy atom. The maximum Gasteiger partial charge on any atom is 0.251 e. The predicted octanol–water partition coefficient (Wildman–Crippen LogP) is 3.04. The highest BCUT2D eigenvalue weighted by molar-refractivity contribution is 6.22. The van der Waals surface area contributed by atoms with Crippen LogP contribution in [0.4, 0.5) is 5.69 Å². The number of carbonyl (C=O) groups is 2. The fourth-order valence-corrected chi connectivity index (χ4v) is 5.20. The number of carbonyl (C=O) groups excluding carboxylic acids is 2. The number of aromatic nitrogens is 1. The van der Waals surface area contributed by atoms with Crippen molar-refractivity contribution < 1.29 is 18.9 Å². The molecule has 2 saturated heterocycles. The van der Waals surface area contributed by atoms with Crippen LogP contribution in [0.3, 0.4) is 0 Å². The van der Waals surface area contributed by atoms with E-state index in [1.807, 2.05) is 54.6 Å². The zero-order valence-electron chi connectivity index (χ0n) is 20.5. The summed E-state index contributed by atoms with van der Waals surface area (Å²) in [6.45, 7) is 4.48. The molecule has 1 unspecified atom stereocenters. The highest BCUT2D eigenvalue weighted by Gasteiger charge is 2.43. The zero-order valence-corrected chi connectivity index (χ0v) is 20.5. The van der Waals surface area contributed by atoms with Gasteiger partial charge in [0.1, 0.15) is 5.52 Å². The van der Waals surface area contributed by atoms with E-state index in [9.17, 15) is 9.59 Å². The topological polar surface area (TPSA) is 71.1 Å². The number of oxazole rings is 1. The molecule has 4 aromatic rings. The van der Waals surface area contributed by atoms with Crippen molar-refractivity contribution in [2.24, 2.45) is 0 Å². The first kappa shape index (κ1) is 23.3. The van der Waals surface area contributed by atoms with Crippen molar-refractivity contribution in [1.82, 2.24) is 9.88 Å². The number of hydrogen-bond acceptors (Lipinski definition) is 5. The number of piperazine rings is 1. The lowest BCUT2D eigenvalue weighted by molar-refractivity contribution is -0.898. The lowest BCUT2D eigenvalue weighted by Gasteiger charge is -2.34. The smallest absolute Gasteiger partial charge is 0.251 e. The molecule has 6 rings (SSSR count). The molecule has 2 aliphatic heterocycles. The van der Waals surface area contributed by atoms with Crippen molar-refractivity contribution in [3.8, 4) is 11.5 Å². The number of nitrogens with zero attached hydrogens (tertiary/aromatic N) is 3. The van der Waals surface area contributed by atoms with E-state index >= 15 is 0 Å². The third-order valence-corrected chi connectivity index (χ3v) is 7.25. The van der Waals surface area contributed by atoms with Crippen LogP contribution in [0.15, 0.2) is 89.4 Å². The van der Waals surface area contributed by atoms with Crippen molar-refractivity contribution in [2.75, 3.05) is 37.6 Å². The molecule has 2 amide bonds. The molecule has 0 spiro atoms. The molecule has 7 heteroatoms. The van der Waals surface area contributed by atoms with Crippen molar-refractivity contribution >= 4 is 34.7 Å². The first-order valence-corrected chi connectivity index (χ1v) is 12.8. The predicted molar refractivity (Wildman–Crippen MR) is 143 cm³/mol. The van der Waals surface area contributed by atoms with Gasteiger partial charge in [-0.3, -0.25) is 14.5 Å². The van der Waals surface area contributed by atoms with Crippen LogP contribution in [0.2, 0.25) is 0 Å². The number of nitrogens with one attached hydrogen (secondary N) is 1. The Labute approximate surface area is 215 Å². The molecule has 0 bridgehead atoms. The van der Waals surface area contributed by atoms with Gasteiger partial charge in [-0.2, -0.15) is 0 Å². The molecule has 186 valence electrons. The summed E-state index contributed by atoms with van der Waals surface area (Å²) in [6.07, 6.45) is 4.61. The van der Waals surface area contributed by atoms with Crippen LogP contribution in [0.25, 0.3) is 28.6 Å². The number of quaternary nitrogens is 1. The average Bonchev–Trinajstić information content (AvgIpc) is 3.50. The minimum atomic E-state index is -0.384. The second kappa shape index (κ2) is 10.1. The molecule has 3 aromatic carbocycles. The van der Waals surface area contributed by atoms with Gasteiger partial charge in [-0.05, 0) is 48.0 Å². The largest absolute Gasteiger partial charge is 0.436 e. The molecule has 1 N–H and O–H groups in total. The summed E-state index contributed by atoms with van der Waals surface area (Å²) in [5.74, 6) is 0.237. The Hall–Kier alpha value is -4.07. The van der Waals surface area contributed by atoms with Gasteiger partial charge in [0.25, 0.3) is 5.91 Å². The minimum absolute atomic E-state index is 0.132. The van der Waals surface area contributed by atoms with Crippen LogP contribution in [0.5, 0.6) is 0 Å². The highest BCUT2D eigenvalue weighted by Crippen LogP contribution is 2.29. The Kier molecular flexibility index (Phi) is 6.39. The lowest BCUT2D eigenvalue weighted by atomic mass is 10.1. The van der Waals surface area contributed by atoms with E-state index in [2.05, 4.69) is 34.2 Å². The third-order valence-electron chi connectivity index (χ3n) is 7.25. The van der Waals surface area contributed by atoms with Crippen molar-refractivity contribution in [2.45, 2.75) is 12.5 Å². The second-order valence-electron chi connectivity index (χ2n) is 9.62. The van der Waals surface area contributed by atoms with Crippen molar-refractivity contribution in [3.63, 3.8) is 0 Å². The molecular weight excluding hydrogens is 464 g/mol. The minimum Gasteiger partial charge on any atom is -0.436 e. The molecule has 37 heavy (non-hydrogen) atoms. The Morgan fingerprint density at radius 2 is 1.65 bits per heavy atom. The summed E-state index contributed by atoms with van der Waals surface area (Å²) in [5.41, 5.74) is 4.12. The fraction of sp³-hybridized carbons (Fsp3) is 0.233. The number of imide groups is 1. The highest BCUT2D eigenvalue weighted by atomic mass is 16.3. The molecular formula is C30H29N4O3+. The molecule has 2 aliphatic rings. The van der Waals surface area contributed by atoms with Crippen molar-refractivity contribution in [1.29, 1.82) is 0 Å². The van der Waals surface area contributed by atoms with E-state index in [-0.39, 0.29) is 24.3 Å². The van der Waals surface area contributed by atoms with Crippen LogP contribution in [-0.2, 0) is 9.59 Å². The number of hydrogen-bond donors (Lipinski definition) is 1. The molecule has 1 atom stereocenters. The second-order valence-corrected chi connectivity index (χ2v) is 9.62. The summed E-state index contributed by atoms with van der Waals surface area (Å²) in [4.78, 5) is 35.7. The van der Waals surface area contributed by atoms with Crippen LogP contribution in [-0.4, -0.2) is 60.5 Å². The third kappa shape index (κ3) is 4.83. The molecule has 7 nitrogen and oxygen atoms in total. The number of anilines is 1. The lowest BCUT2D eigenvalue weighted by Crippen LogP contribution is -3.14. The molecule has 3 heterocycles. The van der Waals surface area contributed by atoms with Gasteiger partial charge in [0, 0.05) is 18.7 Å². The Balaban J connectivity index is 1.07. The van der Waals surface area contributed by atoms with Gasteiger partial charge in [0.05, 0.1) is 37.8 Å². The fourth-order valence-electron chi connectivity index (χ4n) is 5.20. The molecule has 0 radical (unpaired) electrons. The van der Waals surface area contributed by atoms with Crippen LogP contribution < -0.4 is 9.80 Å². The summed E-state index contributed by atoms with van der Waals surface area (Å²) in [5, 5.41) is 0. The van der Waals surface area contributed by atoms with Gasteiger partial charge in [-0.1, -0.05) is 48.5 Å². The van der Waals surface area contributed by atoms with Crippen LogP contribution >= 0.6 is 0 Å². The Bertz CT molecular complexity index is 1400. The molecule has 2 fully saturated rings. The van der Waals surface area contributed by atoms with E-state index in [0.717, 1.165) is 49.4 Å². The maximum absolute atomic E-state index is 13.3. The first-order valence-electron chi connectivity index (χ1n) is 12.8. The van der Waals surface area contributed by atoms with E-state index in [4.69, 9.17) is 4.42 Å². The number of fused-ring (bicyclic) bond motifs is 1. The summed E-state index contributed by atoms with van der Waals surface area (Å²) in [6, 6.07) is 24.8. The van der Waals surface area contributed by atoms with E-state index in [0.29, 0.717) is 11.6 Å². The number of rotatable bonds is 6. The van der Waals surface area contributed by atoms with Gasteiger partial charge in [0.15, 0.2) is 5.58 Å². The average molecular weight is 494 g/mol. The van der Waals surface area contributed by atoms with Gasteiger partial charge in [0.2, 0.25) is 11.8 Å². The van der Waals surface area contributed by atoms with Gasteiger partial charge >= 0.3 is 0 Å². The molecule has 0 saturated carbocycles. The number of para-hydroxylation sites is 2. The normalized spacial score (nSPS) is 19.5. The maximum atomic E-state index is 13.3. The molecule has 0 aliphatic carbocycles. The van der Waals surface area contributed by atoms with Crippen LogP contribution in [0, 0.1) is 0 Å². The molecule has 1 aromatic heterocycles. The van der Waals surface area contributed by atoms with Gasteiger partial charge in [-0.25, -0.2) is 9.88 Å². The first-order chi connectivity index (χ1) is 18.2. The zero-order chi connectivity index (χ0) is 25.2. The SMILES string of the molecule is O=C1CC(N2CC[NH+](C/C=C/c3ccccc3)CC2)C(=O)N1c1ccc(-c2nc3ccccc3o2)cc1. The Morgan fingerprint density at radius 3 is 2.41 bits per heavy atom. The quantitative estimate of drug-likeness (QED) is 0.418. The van der Waals surface area contributed by atoms with Crippen molar-refractivity contribution in [3.05, 3.63) is 90.5 Å². The number of benzene rings is 3. The summed E-state index contributed by atoms with van der Waals surface area (Å²) in [7, 11) is 0.